The monoisotopic (exact) mass is 283 g/mol. The molecule has 1 amide bonds. The summed E-state index contributed by atoms with van der Waals surface area (Å²) < 4.78 is 0. The fourth-order valence-corrected chi connectivity index (χ4v) is 1.45. The molecule has 110 valence electrons. The van der Waals surface area contributed by atoms with E-state index in [0.29, 0.717) is 25.8 Å². The van der Waals surface area contributed by atoms with Crippen molar-refractivity contribution in [3.8, 4) is 0 Å². The number of nitrogens with one attached hydrogen (secondary N) is 1. The van der Waals surface area contributed by atoms with Crippen LogP contribution in [-0.4, -0.2) is 36.1 Å². The second-order valence-electron chi connectivity index (χ2n) is 3.97. The Balaban J connectivity index is 3.99. The normalized spacial score (nSPS) is 10.8. The Hall–Kier alpha value is -2.44. The molecule has 0 bridgehead atoms. The zero-order valence-corrected chi connectivity index (χ0v) is 11.0. The molecule has 0 radical (unpaired) electrons. The Labute approximate surface area is 115 Å². The van der Waals surface area contributed by atoms with Crippen molar-refractivity contribution in [2.75, 3.05) is 13.1 Å². The summed E-state index contributed by atoms with van der Waals surface area (Å²) in [4.78, 5) is 27.6. The summed E-state index contributed by atoms with van der Waals surface area (Å²) >= 11 is 0. The third kappa shape index (κ3) is 9.58. The molecular formula is C10H17N7O3. The van der Waals surface area contributed by atoms with Crippen LogP contribution in [0.15, 0.2) is 10.2 Å². The molecule has 2 N–H and O–H groups in total. The summed E-state index contributed by atoms with van der Waals surface area (Å²) in [5.74, 6) is -1.49. The van der Waals surface area contributed by atoms with Crippen LogP contribution in [0.25, 0.3) is 20.9 Å². The van der Waals surface area contributed by atoms with Crippen molar-refractivity contribution in [3.63, 3.8) is 0 Å². The van der Waals surface area contributed by atoms with Gasteiger partial charge in [0.1, 0.15) is 6.04 Å². The average molecular weight is 283 g/mol. The smallest absolute Gasteiger partial charge is 0.326 e. The zero-order chi connectivity index (χ0) is 15.2. The maximum atomic E-state index is 11.5. The number of aliphatic carboxylic acids is 1. The van der Waals surface area contributed by atoms with Crippen LogP contribution in [0.2, 0.25) is 0 Å². The minimum atomic E-state index is -1.10. The predicted octanol–water partition coefficient (Wildman–Crippen LogP) is 2.13. The fraction of sp³-hybridized carbons (Fsp3) is 0.800. The van der Waals surface area contributed by atoms with E-state index in [2.05, 4.69) is 25.4 Å². The molecule has 0 fully saturated rings. The lowest BCUT2D eigenvalue weighted by atomic mass is 10.1. The van der Waals surface area contributed by atoms with Crippen LogP contribution < -0.4 is 5.32 Å². The van der Waals surface area contributed by atoms with Gasteiger partial charge in [-0.1, -0.05) is 16.6 Å². The largest absolute Gasteiger partial charge is 0.480 e. The van der Waals surface area contributed by atoms with Crippen LogP contribution in [-0.2, 0) is 9.59 Å². The third-order valence-electron chi connectivity index (χ3n) is 2.42. The highest BCUT2D eigenvalue weighted by Gasteiger charge is 2.18. The zero-order valence-electron chi connectivity index (χ0n) is 11.0. The van der Waals surface area contributed by atoms with Crippen molar-refractivity contribution < 1.29 is 14.7 Å². The van der Waals surface area contributed by atoms with Gasteiger partial charge in [-0.25, -0.2) is 4.79 Å². The van der Waals surface area contributed by atoms with E-state index in [-0.39, 0.29) is 25.3 Å². The molecule has 0 aromatic rings. The van der Waals surface area contributed by atoms with Gasteiger partial charge in [0.2, 0.25) is 5.91 Å². The summed E-state index contributed by atoms with van der Waals surface area (Å²) in [5, 5.41) is 18.0. The van der Waals surface area contributed by atoms with E-state index in [9.17, 15) is 9.59 Å². The highest BCUT2D eigenvalue weighted by Crippen LogP contribution is 2.03. The molecule has 0 saturated carbocycles. The molecule has 0 aliphatic rings. The van der Waals surface area contributed by atoms with E-state index in [0.717, 1.165) is 0 Å². The van der Waals surface area contributed by atoms with Gasteiger partial charge < -0.3 is 10.4 Å². The van der Waals surface area contributed by atoms with Crippen LogP contribution in [0.1, 0.15) is 32.1 Å². The number of azide groups is 2. The average Bonchev–Trinajstić information content (AvgIpc) is 2.42. The second-order valence-corrected chi connectivity index (χ2v) is 3.97. The first-order valence-corrected chi connectivity index (χ1v) is 6.15. The van der Waals surface area contributed by atoms with Gasteiger partial charge in [0.05, 0.1) is 0 Å². The first kappa shape index (κ1) is 17.6. The number of carboxylic acids is 1. The second kappa shape index (κ2) is 11.6. The fourth-order valence-electron chi connectivity index (χ4n) is 1.45. The van der Waals surface area contributed by atoms with E-state index in [1.54, 1.807) is 0 Å². The lowest BCUT2D eigenvalue weighted by Crippen LogP contribution is -2.40. The topological polar surface area (TPSA) is 164 Å². The van der Waals surface area contributed by atoms with Gasteiger partial charge in [-0.3, -0.25) is 4.79 Å². The highest BCUT2D eigenvalue weighted by molar-refractivity contribution is 5.83. The Morgan fingerprint density at radius 1 is 1.10 bits per heavy atom. The van der Waals surface area contributed by atoms with Crippen molar-refractivity contribution in [1.82, 2.24) is 5.32 Å². The molecule has 10 heteroatoms. The molecule has 0 saturated heterocycles. The number of nitrogens with zero attached hydrogens (tertiary/aromatic N) is 6. The Morgan fingerprint density at radius 3 is 2.25 bits per heavy atom. The van der Waals surface area contributed by atoms with Gasteiger partial charge in [-0.2, -0.15) is 0 Å². The van der Waals surface area contributed by atoms with Gasteiger partial charge >= 0.3 is 5.97 Å². The quantitative estimate of drug-likeness (QED) is 0.257. The summed E-state index contributed by atoms with van der Waals surface area (Å²) in [7, 11) is 0. The SMILES string of the molecule is [N-]=[N+]=NCCCCC(NC(=O)CCCN=[N+]=[N-])C(=O)O. The molecule has 0 spiro atoms. The maximum absolute atomic E-state index is 11.5. The summed E-state index contributed by atoms with van der Waals surface area (Å²) in [5.41, 5.74) is 16.1. The molecule has 0 heterocycles. The molecule has 0 aromatic heterocycles. The number of carboxylic acid groups (broad SMARTS) is 1. The molecule has 1 atom stereocenters. The predicted molar refractivity (Wildman–Crippen MR) is 70.7 cm³/mol. The molecule has 0 aromatic carbocycles. The maximum Gasteiger partial charge on any atom is 0.326 e. The lowest BCUT2D eigenvalue weighted by Gasteiger charge is -2.13. The molecule has 0 aliphatic heterocycles. The number of carbonyl (C=O) groups excluding carboxylic acids is 1. The number of hydrogen-bond acceptors (Lipinski definition) is 4. The van der Waals surface area contributed by atoms with Crippen molar-refractivity contribution in [2.24, 2.45) is 10.2 Å². The van der Waals surface area contributed by atoms with Crippen LogP contribution in [0.5, 0.6) is 0 Å². The number of amides is 1. The van der Waals surface area contributed by atoms with Gasteiger partial charge in [0, 0.05) is 29.3 Å². The Kier molecular flexibility index (Phi) is 10.2. The number of rotatable bonds is 11. The molecular weight excluding hydrogens is 266 g/mol. The first-order valence-electron chi connectivity index (χ1n) is 6.15. The van der Waals surface area contributed by atoms with Crippen molar-refractivity contribution in [3.05, 3.63) is 20.9 Å². The number of carbonyl (C=O) groups is 2. The van der Waals surface area contributed by atoms with Crippen LogP contribution in [0.4, 0.5) is 0 Å². The van der Waals surface area contributed by atoms with Gasteiger partial charge in [0.25, 0.3) is 0 Å². The van der Waals surface area contributed by atoms with E-state index in [4.69, 9.17) is 16.2 Å². The van der Waals surface area contributed by atoms with Crippen molar-refractivity contribution in [2.45, 2.75) is 38.1 Å². The van der Waals surface area contributed by atoms with Crippen LogP contribution in [0.3, 0.4) is 0 Å². The van der Waals surface area contributed by atoms with Gasteiger partial charge in [-0.05, 0) is 30.3 Å². The molecule has 1 unspecified atom stereocenters. The van der Waals surface area contributed by atoms with E-state index >= 15 is 0 Å². The standard InChI is InChI=1S/C10H17N7O3/c11-16-13-6-2-1-4-8(10(19)20)15-9(18)5-3-7-14-17-12/h8H,1-7H2,(H,15,18)(H,19,20). The Bertz CT molecular complexity index is 413. The summed E-state index contributed by atoms with van der Waals surface area (Å²) in [6.45, 7) is 0.511. The molecule has 0 aliphatic carbocycles. The third-order valence-corrected chi connectivity index (χ3v) is 2.42. The number of hydrogen-bond donors (Lipinski definition) is 2. The molecule has 20 heavy (non-hydrogen) atoms. The number of unbranched alkanes of at least 4 members (excludes halogenated alkanes) is 1. The van der Waals surface area contributed by atoms with E-state index < -0.39 is 12.0 Å². The van der Waals surface area contributed by atoms with Crippen LogP contribution in [0, 0.1) is 0 Å². The molecule has 0 rings (SSSR count). The van der Waals surface area contributed by atoms with E-state index in [1.165, 1.54) is 0 Å². The van der Waals surface area contributed by atoms with Gasteiger partial charge in [-0.15, -0.1) is 0 Å². The van der Waals surface area contributed by atoms with E-state index in [1.807, 2.05) is 0 Å². The van der Waals surface area contributed by atoms with Crippen molar-refractivity contribution in [1.29, 1.82) is 0 Å². The minimum Gasteiger partial charge on any atom is -0.480 e. The first-order chi connectivity index (χ1) is 9.61. The summed E-state index contributed by atoms with van der Waals surface area (Å²) in [6, 6.07) is -0.951. The van der Waals surface area contributed by atoms with Gasteiger partial charge in [0.15, 0.2) is 0 Å². The van der Waals surface area contributed by atoms with Crippen molar-refractivity contribution >= 4 is 11.9 Å². The lowest BCUT2D eigenvalue weighted by molar-refractivity contribution is -0.142. The molecule has 10 nitrogen and oxygen atoms in total. The van der Waals surface area contributed by atoms with Crippen LogP contribution >= 0.6 is 0 Å². The highest BCUT2D eigenvalue weighted by atomic mass is 16.4. The minimum absolute atomic E-state index is 0.113. The summed E-state index contributed by atoms with van der Waals surface area (Å²) in [6.07, 6.45) is 1.87. The Morgan fingerprint density at radius 2 is 1.70 bits per heavy atom.